The molecule has 30 heavy (non-hydrogen) atoms. The van der Waals surface area contributed by atoms with E-state index in [4.69, 9.17) is 0 Å². The third kappa shape index (κ3) is 5.65. The van der Waals surface area contributed by atoms with Gasteiger partial charge in [0.15, 0.2) is 0 Å². The van der Waals surface area contributed by atoms with Crippen LogP contribution < -0.4 is 4.72 Å². The van der Waals surface area contributed by atoms with E-state index in [1.165, 1.54) is 0 Å². The second-order valence-electron chi connectivity index (χ2n) is 7.40. The van der Waals surface area contributed by atoms with E-state index in [0.29, 0.717) is 18.4 Å². The van der Waals surface area contributed by atoms with Crippen molar-refractivity contribution >= 4 is 10.0 Å². The summed E-state index contributed by atoms with van der Waals surface area (Å²) in [5.41, 5.74) is 2.72. The van der Waals surface area contributed by atoms with Gasteiger partial charge in [-0.05, 0) is 43.0 Å². The minimum absolute atomic E-state index is 0.161. The second kappa shape index (κ2) is 9.83. The molecule has 2 atom stereocenters. The van der Waals surface area contributed by atoms with Crippen molar-refractivity contribution in [3.8, 4) is 0 Å². The highest BCUT2D eigenvalue weighted by Crippen LogP contribution is 2.31. The van der Waals surface area contributed by atoms with Crippen LogP contribution in [0.2, 0.25) is 0 Å². The van der Waals surface area contributed by atoms with Gasteiger partial charge < -0.3 is 0 Å². The molecule has 0 heterocycles. The van der Waals surface area contributed by atoms with Gasteiger partial charge in [0.2, 0.25) is 10.0 Å². The fourth-order valence-corrected chi connectivity index (χ4v) is 4.82. The molecule has 0 amide bonds. The van der Waals surface area contributed by atoms with Gasteiger partial charge in [0, 0.05) is 6.04 Å². The summed E-state index contributed by atoms with van der Waals surface area (Å²) in [6.07, 6.45) is 1.04. The van der Waals surface area contributed by atoms with E-state index < -0.39 is 27.8 Å². The smallest absolute Gasteiger partial charge is 0.212 e. The quantitative estimate of drug-likeness (QED) is 0.491. The van der Waals surface area contributed by atoms with Crippen LogP contribution in [0.5, 0.6) is 0 Å². The van der Waals surface area contributed by atoms with Crippen molar-refractivity contribution in [1.29, 1.82) is 0 Å². The molecule has 3 rings (SSSR count). The van der Waals surface area contributed by atoms with Crippen LogP contribution in [0, 0.1) is 6.92 Å². The van der Waals surface area contributed by atoms with Crippen LogP contribution >= 0.6 is 0 Å². The molecule has 0 aliphatic carbocycles. The number of hydrogen-bond donors (Lipinski definition) is 1. The average Bonchev–Trinajstić information content (AvgIpc) is 2.73. The lowest BCUT2D eigenvalue weighted by Gasteiger charge is -2.27. The second-order valence-corrected chi connectivity index (χ2v) is 9.11. The summed E-state index contributed by atoms with van der Waals surface area (Å²) in [6.45, 7) is 5.41. The van der Waals surface area contributed by atoms with Crippen LogP contribution in [0.15, 0.2) is 102 Å². The van der Waals surface area contributed by atoms with Gasteiger partial charge in [-0.3, -0.25) is 0 Å². The van der Waals surface area contributed by atoms with Gasteiger partial charge in [0.25, 0.3) is 0 Å². The predicted molar refractivity (Wildman–Crippen MR) is 119 cm³/mol. The molecule has 0 spiro atoms. The molecule has 0 saturated heterocycles. The van der Waals surface area contributed by atoms with Crippen molar-refractivity contribution in [1.82, 2.24) is 4.72 Å². The molecule has 156 valence electrons. The van der Waals surface area contributed by atoms with Crippen molar-refractivity contribution in [3.05, 3.63) is 114 Å². The Hall–Kier alpha value is -2.76. The summed E-state index contributed by atoms with van der Waals surface area (Å²) in [5, 5.41) is 0. The number of hydrogen-bond acceptors (Lipinski definition) is 2. The Kier molecular flexibility index (Phi) is 7.19. The SMILES string of the molecule is C=C(F)[C@@H](c1ccccc1)[C@@H](CCc1ccccc1)NS(=O)(=O)c1ccc(C)cc1. The maximum Gasteiger partial charge on any atom is 0.240 e. The van der Waals surface area contributed by atoms with Crippen LogP contribution in [0.25, 0.3) is 0 Å². The molecule has 0 unspecified atom stereocenters. The monoisotopic (exact) mass is 423 g/mol. The van der Waals surface area contributed by atoms with Crippen LogP contribution in [-0.2, 0) is 16.4 Å². The molecule has 5 heteroatoms. The zero-order chi connectivity index (χ0) is 21.6. The van der Waals surface area contributed by atoms with Gasteiger partial charge >= 0.3 is 0 Å². The fraction of sp³-hybridized carbons (Fsp3) is 0.200. The third-order valence-corrected chi connectivity index (χ3v) is 6.63. The van der Waals surface area contributed by atoms with Crippen LogP contribution in [0.1, 0.15) is 29.0 Å². The van der Waals surface area contributed by atoms with E-state index in [1.807, 2.05) is 55.5 Å². The van der Waals surface area contributed by atoms with Gasteiger partial charge in [0.1, 0.15) is 5.83 Å². The van der Waals surface area contributed by atoms with E-state index in [1.54, 1.807) is 36.4 Å². The molecular formula is C25H26FNO2S. The number of sulfonamides is 1. The zero-order valence-electron chi connectivity index (χ0n) is 17.0. The molecular weight excluding hydrogens is 397 g/mol. The third-order valence-electron chi connectivity index (χ3n) is 5.12. The highest BCUT2D eigenvalue weighted by atomic mass is 32.2. The highest BCUT2D eigenvalue weighted by molar-refractivity contribution is 7.89. The van der Waals surface area contributed by atoms with Crippen LogP contribution in [-0.4, -0.2) is 14.5 Å². The molecule has 3 nitrogen and oxygen atoms in total. The maximum absolute atomic E-state index is 14.6. The maximum atomic E-state index is 14.6. The minimum atomic E-state index is -3.82. The van der Waals surface area contributed by atoms with E-state index in [2.05, 4.69) is 11.3 Å². The van der Waals surface area contributed by atoms with Crippen molar-refractivity contribution in [2.24, 2.45) is 0 Å². The summed E-state index contributed by atoms with van der Waals surface area (Å²) in [6, 6.07) is 24.8. The predicted octanol–water partition coefficient (Wildman–Crippen LogP) is 5.54. The molecule has 3 aromatic carbocycles. The lowest BCUT2D eigenvalue weighted by Crippen LogP contribution is -2.40. The molecule has 0 bridgehead atoms. The first-order valence-corrected chi connectivity index (χ1v) is 11.4. The van der Waals surface area contributed by atoms with Gasteiger partial charge in [0.05, 0.1) is 10.8 Å². The first kappa shape index (κ1) is 21.9. The van der Waals surface area contributed by atoms with Gasteiger partial charge in [-0.25, -0.2) is 17.5 Å². The summed E-state index contributed by atoms with van der Waals surface area (Å²) < 4.78 is 43.5. The molecule has 0 aliphatic heterocycles. The largest absolute Gasteiger partial charge is 0.240 e. The number of nitrogens with one attached hydrogen (secondary N) is 1. The molecule has 0 aliphatic rings. The lowest BCUT2D eigenvalue weighted by atomic mass is 9.87. The van der Waals surface area contributed by atoms with Crippen molar-refractivity contribution in [3.63, 3.8) is 0 Å². The van der Waals surface area contributed by atoms with E-state index >= 15 is 0 Å². The Morgan fingerprint density at radius 2 is 1.50 bits per heavy atom. The molecule has 3 aromatic rings. The molecule has 0 radical (unpaired) electrons. The zero-order valence-corrected chi connectivity index (χ0v) is 17.8. The van der Waals surface area contributed by atoms with Gasteiger partial charge in [-0.2, -0.15) is 0 Å². The molecule has 0 saturated carbocycles. The Morgan fingerprint density at radius 3 is 2.07 bits per heavy atom. The van der Waals surface area contributed by atoms with E-state index in [9.17, 15) is 12.8 Å². The fourth-order valence-electron chi connectivity index (χ4n) is 3.54. The number of rotatable bonds is 9. The summed E-state index contributed by atoms with van der Waals surface area (Å²) in [5.74, 6) is -1.35. The number of aryl methyl sites for hydroxylation is 2. The Bertz CT molecular complexity index is 1070. The van der Waals surface area contributed by atoms with Crippen LogP contribution in [0.4, 0.5) is 4.39 Å². The normalized spacial score (nSPS) is 13.5. The number of halogens is 1. The Balaban J connectivity index is 1.93. The van der Waals surface area contributed by atoms with E-state index in [-0.39, 0.29) is 4.90 Å². The first-order valence-electron chi connectivity index (χ1n) is 9.89. The Morgan fingerprint density at radius 1 is 0.933 bits per heavy atom. The molecule has 0 fully saturated rings. The topological polar surface area (TPSA) is 46.2 Å². The Labute approximate surface area is 178 Å². The van der Waals surface area contributed by atoms with Crippen molar-refractivity contribution < 1.29 is 12.8 Å². The summed E-state index contributed by atoms with van der Waals surface area (Å²) >= 11 is 0. The van der Waals surface area contributed by atoms with Crippen molar-refractivity contribution in [2.75, 3.05) is 0 Å². The average molecular weight is 424 g/mol. The van der Waals surface area contributed by atoms with Gasteiger partial charge in [-0.15, -0.1) is 0 Å². The first-order chi connectivity index (χ1) is 14.4. The van der Waals surface area contributed by atoms with Crippen molar-refractivity contribution in [2.45, 2.75) is 36.6 Å². The van der Waals surface area contributed by atoms with Gasteiger partial charge in [-0.1, -0.05) is 84.9 Å². The van der Waals surface area contributed by atoms with E-state index in [0.717, 1.165) is 11.1 Å². The minimum Gasteiger partial charge on any atom is -0.212 e. The standard InChI is InChI=1S/C25H26FNO2S/c1-19-13-16-23(17-14-19)30(28,29)27-24(18-15-21-9-5-3-6-10-21)25(20(2)26)22-11-7-4-8-12-22/h3-14,16-17,24-25,27H,2,15,18H2,1H3/t24-,25+/m1/s1. The summed E-state index contributed by atoms with van der Waals surface area (Å²) in [4.78, 5) is 0.161. The highest BCUT2D eigenvalue weighted by Gasteiger charge is 2.30. The lowest BCUT2D eigenvalue weighted by molar-refractivity contribution is 0.432. The van der Waals surface area contributed by atoms with Crippen LogP contribution in [0.3, 0.4) is 0 Å². The summed E-state index contributed by atoms with van der Waals surface area (Å²) in [7, 11) is -3.82. The molecule has 1 N–H and O–H groups in total. The number of benzene rings is 3. The molecule has 0 aromatic heterocycles.